The number of hydrogen-bond acceptors (Lipinski definition) is 7. The van der Waals surface area contributed by atoms with Gasteiger partial charge in [0.25, 0.3) is 5.56 Å². The number of hydrogen-bond donors (Lipinski definition) is 0. The molecule has 1 atom stereocenters. The molecule has 1 aliphatic rings. The lowest BCUT2D eigenvalue weighted by Gasteiger charge is -2.26. The van der Waals surface area contributed by atoms with Gasteiger partial charge in [-0.25, -0.2) is 9.79 Å². The maximum absolute atomic E-state index is 13.6. The molecule has 2 heterocycles. The number of rotatable bonds is 6. The third-order valence-corrected chi connectivity index (χ3v) is 6.33. The number of thiazole rings is 1. The summed E-state index contributed by atoms with van der Waals surface area (Å²) in [6, 6.07) is 14.2. The van der Waals surface area contributed by atoms with Crippen LogP contribution in [0.5, 0.6) is 11.5 Å². The SMILES string of the molecule is CCOC(=O)C1=C(C)N=c2sc(=Cc3ccccc3)c(=O)n2C1c1cccc(OC)c1OC. The van der Waals surface area contributed by atoms with Gasteiger partial charge in [-0.2, -0.15) is 0 Å². The van der Waals surface area contributed by atoms with Crippen LogP contribution in [-0.4, -0.2) is 31.4 Å². The van der Waals surface area contributed by atoms with E-state index in [-0.39, 0.29) is 12.2 Å². The van der Waals surface area contributed by atoms with Gasteiger partial charge in [-0.3, -0.25) is 9.36 Å². The molecule has 4 rings (SSSR count). The molecule has 170 valence electrons. The Labute approximate surface area is 194 Å². The molecule has 0 N–H and O–H groups in total. The van der Waals surface area contributed by atoms with Crippen molar-refractivity contribution in [2.75, 3.05) is 20.8 Å². The number of carbonyl (C=O) groups excluding carboxylic acids is 1. The maximum atomic E-state index is 13.6. The van der Waals surface area contributed by atoms with Crippen LogP contribution in [0.3, 0.4) is 0 Å². The number of benzene rings is 2. The number of methoxy groups -OCH3 is 2. The lowest BCUT2D eigenvalue weighted by atomic mass is 9.94. The van der Waals surface area contributed by atoms with E-state index in [0.29, 0.717) is 37.7 Å². The standard InChI is InChI=1S/C25H24N2O5S/c1-5-32-24(29)20-15(2)26-25-27(21(20)17-12-9-13-18(30-3)22(17)31-4)23(28)19(33-25)14-16-10-7-6-8-11-16/h6-14,21H,5H2,1-4H3. The van der Waals surface area contributed by atoms with Gasteiger partial charge in [-0.05, 0) is 31.6 Å². The van der Waals surface area contributed by atoms with Crippen LogP contribution < -0.4 is 24.4 Å². The smallest absolute Gasteiger partial charge is 0.338 e. The van der Waals surface area contributed by atoms with Gasteiger partial charge in [0.2, 0.25) is 0 Å². The number of allylic oxidation sites excluding steroid dienone is 1. The van der Waals surface area contributed by atoms with Crippen LogP contribution in [0.4, 0.5) is 0 Å². The van der Waals surface area contributed by atoms with Crippen molar-refractivity contribution >= 4 is 23.4 Å². The van der Waals surface area contributed by atoms with Crippen molar-refractivity contribution in [1.29, 1.82) is 0 Å². The molecule has 2 aromatic carbocycles. The molecule has 33 heavy (non-hydrogen) atoms. The Morgan fingerprint density at radius 2 is 1.88 bits per heavy atom. The van der Waals surface area contributed by atoms with Crippen molar-refractivity contribution in [1.82, 2.24) is 4.57 Å². The second-order valence-corrected chi connectivity index (χ2v) is 8.30. The number of ether oxygens (including phenoxy) is 3. The highest BCUT2D eigenvalue weighted by molar-refractivity contribution is 7.07. The summed E-state index contributed by atoms with van der Waals surface area (Å²) in [7, 11) is 3.07. The van der Waals surface area contributed by atoms with Gasteiger partial charge < -0.3 is 14.2 Å². The maximum Gasteiger partial charge on any atom is 0.338 e. The van der Waals surface area contributed by atoms with E-state index < -0.39 is 12.0 Å². The molecule has 0 saturated carbocycles. The van der Waals surface area contributed by atoms with E-state index in [0.717, 1.165) is 5.56 Å². The molecule has 0 amide bonds. The summed E-state index contributed by atoms with van der Waals surface area (Å²) in [5, 5.41) is 0. The second kappa shape index (κ2) is 9.46. The highest BCUT2D eigenvalue weighted by Crippen LogP contribution is 2.40. The minimum absolute atomic E-state index is 0.204. The first-order chi connectivity index (χ1) is 16.0. The Morgan fingerprint density at radius 3 is 2.55 bits per heavy atom. The normalized spacial score (nSPS) is 15.6. The van der Waals surface area contributed by atoms with Crippen LogP contribution >= 0.6 is 11.3 Å². The van der Waals surface area contributed by atoms with Crippen molar-refractivity contribution in [3.8, 4) is 11.5 Å². The quantitative estimate of drug-likeness (QED) is 0.524. The number of para-hydroxylation sites is 1. The molecule has 0 spiro atoms. The van der Waals surface area contributed by atoms with Crippen LogP contribution in [0.25, 0.3) is 6.08 Å². The lowest BCUT2D eigenvalue weighted by molar-refractivity contribution is -0.139. The fourth-order valence-electron chi connectivity index (χ4n) is 3.91. The Hall–Kier alpha value is -3.65. The van der Waals surface area contributed by atoms with Gasteiger partial charge in [0.1, 0.15) is 6.04 Å². The second-order valence-electron chi connectivity index (χ2n) is 7.30. The molecule has 0 bridgehead atoms. The number of aromatic nitrogens is 1. The lowest BCUT2D eigenvalue weighted by Crippen LogP contribution is -2.40. The van der Waals surface area contributed by atoms with Gasteiger partial charge in [0, 0.05) is 5.56 Å². The van der Waals surface area contributed by atoms with E-state index in [4.69, 9.17) is 14.2 Å². The molecule has 3 aromatic rings. The molecular formula is C25H24N2O5S. The first-order valence-electron chi connectivity index (χ1n) is 10.5. The first kappa shape index (κ1) is 22.5. The summed E-state index contributed by atoms with van der Waals surface area (Å²) in [5.41, 5.74) is 2.06. The summed E-state index contributed by atoms with van der Waals surface area (Å²) in [6.07, 6.45) is 1.83. The molecule has 0 radical (unpaired) electrons. The van der Waals surface area contributed by atoms with Gasteiger partial charge >= 0.3 is 5.97 Å². The number of carbonyl (C=O) groups is 1. The summed E-state index contributed by atoms with van der Waals surface area (Å²) in [5.74, 6) is 0.421. The van der Waals surface area contributed by atoms with E-state index in [1.54, 1.807) is 33.1 Å². The minimum Gasteiger partial charge on any atom is -0.493 e. The highest BCUT2D eigenvalue weighted by atomic mass is 32.1. The van der Waals surface area contributed by atoms with E-state index in [2.05, 4.69) is 4.99 Å². The zero-order chi connectivity index (χ0) is 23.5. The molecule has 0 fully saturated rings. The summed E-state index contributed by atoms with van der Waals surface area (Å²) >= 11 is 1.28. The van der Waals surface area contributed by atoms with Crippen molar-refractivity contribution in [3.63, 3.8) is 0 Å². The van der Waals surface area contributed by atoms with Gasteiger partial charge in [0.15, 0.2) is 16.3 Å². The molecule has 0 aliphatic carbocycles. The third-order valence-electron chi connectivity index (χ3n) is 5.34. The topological polar surface area (TPSA) is 79.1 Å². The third kappa shape index (κ3) is 4.09. The minimum atomic E-state index is -0.775. The monoisotopic (exact) mass is 464 g/mol. The zero-order valence-corrected chi connectivity index (χ0v) is 19.6. The molecule has 0 saturated heterocycles. The molecule has 1 aromatic heterocycles. The summed E-state index contributed by atoms with van der Waals surface area (Å²) in [4.78, 5) is 31.8. The van der Waals surface area contributed by atoms with E-state index >= 15 is 0 Å². The Balaban J connectivity index is 2.03. The predicted octanol–water partition coefficient (Wildman–Crippen LogP) is 2.82. The molecule has 8 heteroatoms. The summed E-state index contributed by atoms with van der Waals surface area (Å²) < 4.78 is 18.5. The van der Waals surface area contributed by atoms with Gasteiger partial charge in [-0.15, -0.1) is 0 Å². The van der Waals surface area contributed by atoms with E-state index in [1.165, 1.54) is 23.0 Å². The average Bonchev–Trinajstić information content (AvgIpc) is 3.12. The predicted molar refractivity (Wildman–Crippen MR) is 126 cm³/mol. The van der Waals surface area contributed by atoms with Gasteiger partial charge in [-0.1, -0.05) is 53.8 Å². The van der Waals surface area contributed by atoms with Crippen LogP contribution in [-0.2, 0) is 9.53 Å². The number of fused-ring (bicyclic) bond motifs is 1. The van der Waals surface area contributed by atoms with Crippen molar-refractivity contribution in [2.45, 2.75) is 19.9 Å². The first-order valence-corrected chi connectivity index (χ1v) is 11.3. The number of nitrogens with zero attached hydrogens (tertiary/aromatic N) is 2. The van der Waals surface area contributed by atoms with E-state index in [1.807, 2.05) is 42.5 Å². The fraction of sp³-hybridized carbons (Fsp3) is 0.240. The van der Waals surface area contributed by atoms with Crippen molar-refractivity contribution in [3.05, 3.63) is 90.6 Å². The largest absolute Gasteiger partial charge is 0.493 e. The van der Waals surface area contributed by atoms with Gasteiger partial charge in [0.05, 0.1) is 36.6 Å². The van der Waals surface area contributed by atoms with Crippen LogP contribution in [0.15, 0.2) is 69.6 Å². The van der Waals surface area contributed by atoms with Crippen LogP contribution in [0.1, 0.15) is 31.0 Å². The van der Waals surface area contributed by atoms with Crippen molar-refractivity contribution < 1.29 is 19.0 Å². The van der Waals surface area contributed by atoms with Crippen molar-refractivity contribution in [2.24, 2.45) is 4.99 Å². The Kier molecular flexibility index (Phi) is 6.46. The Morgan fingerprint density at radius 1 is 1.12 bits per heavy atom. The molecule has 1 aliphatic heterocycles. The average molecular weight is 465 g/mol. The van der Waals surface area contributed by atoms with Crippen LogP contribution in [0.2, 0.25) is 0 Å². The zero-order valence-electron chi connectivity index (χ0n) is 18.8. The number of esters is 1. The fourth-order valence-corrected chi connectivity index (χ4v) is 4.96. The highest BCUT2D eigenvalue weighted by Gasteiger charge is 2.35. The Bertz CT molecular complexity index is 1400. The van der Waals surface area contributed by atoms with E-state index in [9.17, 15) is 9.59 Å². The molecule has 1 unspecified atom stereocenters. The van der Waals surface area contributed by atoms with Crippen LogP contribution in [0, 0.1) is 0 Å². The molecule has 7 nitrogen and oxygen atoms in total. The molecular weight excluding hydrogens is 440 g/mol. The summed E-state index contributed by atoms with van der Waals surface area (Å²) in [6.45, 7) is 3.69.